The van der Waals surface area contributed by atoms with Gasteiger partial charge in [0.25, 0.3) is 0 Å². The van der Waals surface area contributed by atoms with Crippen LogP contribution in [-0.2, 0) is 4.74 Å². The second kappa shape index (κ2) is 7.62. The third kappa shape index (κ3) is 4.47. The van der Waals surface area contributed by atoms with Crippen molar-refractivity contribution in [3.8, 4) is 5.75 Å². The van der Waals surface area contributed by atoms with Crippen molar-refractivity contribution in [2.75, 3.05) is 6.61 Å². The van der Waals surface area contributed by atoms with Crippen molar-refractivity contribution in [2.24, 2.45) is 5.84 Å². The molecule has 0 saturated carbocycles. The summed E-state index contributed by atoms with van der Waals surface area (Å²) in [6.45, 7) is 4.96. The predicted octanol–water partition coefficient (Wildman–Crippen LogP) is 2.94. The summed E-state index contributed by atoms with van der Waals surface area (Å²) < 4.78 is 11.3. The Kier molecular flexibility index (Phi) is 5.83. The Bertz CT molecular complexity index is 386. The number of nitrogens with one attached hydrogen (secondary N) is 1. The zero-order valence-electron chi connectivity index (χ0n) is 12.5. The summed E-state index contributed by atoms with van der Waals surface area (Å²) in [7, 11) is 0. The van der Waals surface area contributed by atoms with E-state index < -0.39 is 0 Å². The zero-order valence-corrected chi connectivity index (χ0v) is 12.5. The smallest absolute Gasteiger partial charge is 0.119 e. The van der Waals surface area contributed by atoms with Crippen molar-refractivity contribution >= 4 is 0 Å². The van der Waals surface area contributed by atoms with Gasteiger partial charge in [0.1, 0.15) is 5.75 Å². The fraction of sp³-hybridized carbons (Fsp3) is 0.625. The highest BCUT2D eigenvalue weighted by Gasteiger charge is 2.18. The molecule has 0 spiro atoms. The van der Waals surface area contributed by atoms with Crippen molar-refractivity contribution in [1.29, 1.82) is 0 Å². The minimum Gasteiger partial charge on any atom is -0.491 e. The molecule has 1 heterocycles. The van der Waals surface area contributed by atoms with Crippen molar-refractivity contribution in [2.45, 2.75) is 57.8 Å². The highest BCUT2D eigenvalue weighted by atomic mass is 16.5. The molecule has 0 aromatic heterocycles. The van der Waals surface area contributed by atoms with Crippen LogP contribution in [0, 0.1) is 0 Å². The van der Waals surface area contributed by atoms with Gasteiger partial charge in [-0.2, -0.15) is 0 Å². The molecule has 112 valence electrons. The highest BCUT2D eigenvalue weighted by molar-refractivity contribution is 5.29. The first kappa shape index (κ1) is 15.3. The largest absolute Gasteiger partial charge is 0.491 e. The average molecular weight is 278 g/mol. The molecular formula is C16H26N2O2. The van der Waals surface area contributed by atoms with Gasteiger partial charge in [0.15, 0.2) is 0 Å². The van der Waals surface area contributed by atoms with Gasteiger partial charge in [-0.15, -0.1) is 0 Å². The van der Waals surface area contributed by atoms with E-state index in [2.05, 4.69) is 17.6 Å². The number of nitrogens with two attached hydrogens (primary N) is 1. The fourth-order valence-corrected chi connectivity index (χ4v) is 2.62. The van der Waals surface area contributed by atoms with Crippen LogP contribution in [0.4, 0.5) is 0 Å². The normalized spacial score (nSPS) is 20.3. The van der Waals surface area contributed by atoms with Gasteiger partial charge >= 0.3 is 0 Å². The van der Waals surface area contributed by atoms with Crippen LogP contribution in [0.15, 0.2) is 24.3 Å². The Morgan fingerprint density at radius 1 is 1.35 bits per heavy atom. The van der Waals surface area contributed by atoms with E-state index in [1.807, 2.05) is 26.0 Å². The summed E-state index contributed by atoms with van der Waals surface area (Å²) in [6.07, 6.45) is 5.02. The molecule has 1 aromatic carbocycles. The van der Waals surface area contributed by atoms with E-state index in [4.69, 9.17) is 15.3 Å². The lowest BCUT2D eigenvalue weighted by Gasteiger charge is -2.19. The molecule has 2 rings (SSSR count). The molecule has 2 atom stereocenters. The molecule has 0 amide bonds. The number of ether oxygens (including phenoxy) is 2. The Labute approximate surface area is 121 Å². The monoisotopic (exact) mass is 278 g/mol. The Morgan fingerprint density at radius 3 is 2.65 bits per heavy atom. The number of hydrazine groups is 1. The van der Waals surface area contributed by atoms with E-state index in [0.29, 0.717) is 6.10 Å². The lowest BCUT2D eigenvalue weighted by Crippen LogP contribution is -2.28. The fourth-order valence-electron chi connectivity index (χ4n) is 2.62. The van der Waals surface area contributed by atoms with E-state index in [0.717, 1.165) is 25.2 Å². The van der Waals surface area contributed by atoms with E-state index in [1.165, 1.54) is 18.4 Å². The van der Waals surface area contributed by atoms with E-state index in [1.54, 1.807) is 0 Å². The summed E-state index contributed by atoms with van der Waals surface area (Å²) in [5, 5.41) is 0. The molecule has 2 unspecified atom stereocenters. The number of rotatable bonds is 7. The lowest BCUT2D eigenvalue weighted by atomic mass is 10.00. The molecule has 4 heteroatoms. The summed E-state index contributed by atoms with van der Waals surface area (Å²) in [5.74, 6) is 6.59. The minimum absolute atomic E-state index is 0.173. The molecule has 1 fully saturated rings. The van der Waals surface area contributed by atoms with Crippen LogP contribution >= 0.6 is 0 Å². The molecule has 1 aliphatic rings. The lowest BCUT2D eigenvalue weighted by molar-refractivity contribution is 0.0996. The van der Waals surface area contributed by atoms with Gasteiger partial charge in [-0.25, -0.2) is 0 Å². The molecule has 4 nitrogen and oxygen atoms in total. The van der Waals surface area contributed by atoms with Crippen molar-refractivity contribution in [3.63, 3.8) is 0 Å². The van der Waals surface area contributed by atoms with Gasteiger partial charge in [0.05, 0.1) is 12.2 Å². The van der Waals surface area contributed by atoms with Gasteiger partial charge < -0.3 is 9.47 Å². The van der Waals surface area contributed by atoms with Gasteiger partial charge in [-0.3, -0.25) is 11.3 Å². The summed E-state index contributed by atoms with van der Waals surface area (Å²) in [4.78, 5) is 0. The van der Waals surface area contributed by atoms with Crippen LogP contribution in [0.1, 0.15) is 51.1 Å². The molecule has 3 N–H and O–H groups in total. The van der Waals surface area contributed by atoms with Crippen LogP contribution in [-0.4, -0.2) is 18.8 Å². The first-order valence-corrected chi connectivity index (χ1v) is 7.53. The van der Waals surface area contributed by atoms with Gasteiger partial charge in [-0.05, 0) is 57.2 Å². The molecular weight excluding hydrogens is 252 g/mol. The van der Waals surface area contributed by atoms with Gasteiger partial charge in [-0.1, -0.05) is 12.1 Å². The first-order valence-electron chi connectivity index (χ1n) is 7.53. The molecule has 0 bridgehead atoms. The number of hydrogen-bond donors (Lipinski definition) is 2. The number of hydrogen-bond acceptors (Lipinski definition) is 4. The minimum atomic E-state index is 0.173. The van der Waals surface area contributed by atoms with Crippen molar-refractivity contribution < 1.29 is 9.47 Å². The zero-order chi connectivity index (χ0) is 14.4. The predicted molar refractivity (Wildman–Crippen MR) is 80.5 cm³/mol. The highest BCUT2D eigenvalue weighted by Crippen LogP contribution is 2.25. The van der Waals surface area contributed by atoms with E-state index >= 15 is 0 Å². The Hall–Kier alpha value is -1.10. The molecule has 20 heavy (non-hydrogen) atoms. The average Bonchev–Trinajstić information content (AvgIpc) is 2.94. The molecule has 1 aliphatic heterocycles. The Morgan fingerprint density at radius 2 is 2.10 bits per heavy atom. The number of benzene rings is 1. The molecule has 0 radical (unpaired) electrons. The first-order chi connectivity index (χ1) is 9.69. The molecule has 1 saturated heterocycles. The van der Waals surface area contributed by atoms with Crippen LogP contribution in [0.25, 0.3) is 0 Å². The van der Waals surface area contributed by atoms with Crippen molar-refractivity contribution in [1.82, 2.24) is 5.43 Å². The molecule has 0 aliphatic carbocycles. The van der Waals surface area contributed by atoms with Crippen LogP contribution < -0.4 is 16.0 Å². The summed E-state index contributed by atoms with van der Waals surface area (Å²) >= 11 is 0. The van der Waals surface area contributed by atoms with Gasteiger partial charge in [0.2, 0.25) is 0 Å². The summed E-state index contributed by atoms with van der Waals surface area (Å²) in [6, 6.07) is 8.35. The van der Waals surface area contributed by atoms with Gasteiger partial charge in [0, 0.05) is 12.6 Å². The van der Waals surface area contributed by atoms with E-state index in [9.17, 15) is 0 Å². The summed E-state index contributed by atoms with van der Waals surface area (Å²) in [5.41, 5.74) is 4.10. The standard InChI is InChI=1S/C16H26N2O2/c1-12(2)20-15-7-5-13(6-8-15)16(18-17)10-9-14-4-3-11-19-14/h5-8,12,14,16,18H,3-4,9-11,17H2,1-2H3. The van der Waals surface area contributed by atoms with Crippen LogP contribution in [0.3, 0.4) is 0 Å². The van der Waals surface area contributed by atoms with Crippen LogP contribution in [0.2, 0.25) is 0 Å². The quantitative estimate of drug-likeness (QED) is 0.595. The third-order valence-electron chi connectivity index (χ3n) is 3.66. The molecule has 1 aromatic rings. The SMILES string of the molecule is CC(C)Oc1ccc(C(CCC2CCCO2)NN)cc1. The van der Waals surface area contributed by atoms with Crippen molar-refractivity contribution in [3.05, 3.63) is 29.8 Å². The van der Waals surface area contributed by atoms with Crippen LogP contribution in [0.5, 0.6) is 5.75 Å². The topological polar surface area (TPSA) is 56.5 Å². The maximum Gasteiger partial charge on any atom is 0.119 e. The van der Waals surface area contributed by atoms with E-state index in [-0.39, 0.29) is 12.1 Å². The maximum absolute atomic E-state index is 5.69. The Balaban J connectivity index is 1.89. The maximum atomic E-state index is 5.69. The second-order valence-corrected chi connectivity index (χ2v) is 5.67. The second-order valence-electron chi connectivity index (χ2n) is 5.67. The third-order valence-corrected chi connectivity index (χ3v) is 3.66.